The van der Waals surface area contributed by atoms with Gasteiger partial charge >= 0.3 is 0 Å². The Kier molecular flexibility index (Phi) is 1.76. The van der Waals surface area contributed by atoms with Gasteiger partial charge in [-0.3, -0.25) is 4.79 Å². The molecule has 0 aliphatic rings. The average molecular weight is 138 g/mol. The normalized spacial score (nSPS) is 9.40. The first-order valence-electron chi connectivity index (χ1n) is 3.09. The van der Waals surface area contributed by atoms with Gasteiger partial charge in [-0.05, 0) is 12.1 Å². The number of aromatic nitrogens is 1. The minimum Gasteiger partial charge on any atom is -0.338 e. The number of anilines is 1. The van der Waals surface area contributed by atoms with E-state index in [0.717, 1.165) is 5.82 Å². The zero-order valence-corrected chi connectivity index (χ0v) is 6.09. The van der Waals surface area contributed by atoms with Crippen LogP contribution in [-0.4, -0.2) is 10.5 Å². The number of nitrogens with one attached hydrogen (secondary N) is 1. The smallest absolute Gasteiger partial charge is 0.222 e. The first-order chi connectivity index (χ1) is 4.70. The minimum absolute atomic E-state index is 0.0400. The molecule has 0 unspecified atom stereocenters. The van der Waals surface area contributed by atoms with Crippen molar-refractivity contribution in [3.8, 4) is 0 Å². The molecule has 0 aliphatic heterocycles. The Balaban J connectivity index is 2.74. The van der Waals surface area contributed by atoms with Crippen LogP contribution in [0.5, 0.6) is 0 Å². The summed E-state index contributed by atoms with van der Waals surface area (Å²) in [5, 5.41) is 2.68. The van der Waals surface area contributed by atoms with E-state index in [4.69, 9.17) is 0 Å². The summed E-state index contributed by atoms with van der Waals surface area (Å²) in [7, 11) is 1.88. The van der Waals surface area contributed by atoms with Crippen molar-refractivity contribution in [3.63, 3.8) is 0 Å². The predicted octanol–water partition coefficient (Wildman–Crippen LogP) is 0.983. The lowest BCUT2D eigenvalue weighted by Crippen LogP contribution is -2.08. The summed E-state index contributed by atoms with van der Waals surface area (Å²) in [5.74, 6) is 0.786. The standard InChI is InChI=1S/C7H10N2O/c1-6(10)8-7-4-3-5-9(7)2/h3-5H,1-2H3,(H,8,10). The van der Waals surface area contributed by atoms with Crippen LogP contribution in [0, 0.1) is 0 Å². The maximum Gasteiger partial charge on any atom is 0.222 e. The molecule has 0 saturated carbocycles. The molecule has 1 heterocycles. The second-order valence-corrected chi connectivity index (χ2v) is 2.19. The Bertz CT molecular complexity index is 240. The van der Waals surface area contributed by atoms with Crippen LogP contribution in [0.4, 0.5) is 5.82 Å². The largest absolute Gasteiger partial charge is 0.338 e. The molecule has 0 fully saturated rings. The van der Waals surface area contributed by atoms with E-state index in [9.17, 15) is 4.79 Å². The van der Waals surface area contributed by atoms with Crippen molar-refractivity contribution in [1.29, 1.82) is 0 Å². The van der Waals surface area contributed by atoms with Gasteiger partial charge < -0.3 is 9.88 Å². The molecule has 1 rings (SSSR count). The number of carbonyl (C=O) groups excluding carboxylic acids is 1. The SMILES string of the molecule is CC(=O)Nc1cccn1C. The van der Waals surface area contributed by atoms with Crippen LogP contribution in [-0.2, 0) is 11.8 Å². The van der Waals surface area contributed by atoms with Gasteiger partial charge in [-0.1, -0.05) is 0 Å². The molecule has 0 saturated heterocycles. The fourth-order valence-corrected chi connectivity index (χ4v) is 0.771. The van der Waals surface area contributed by atoms with E-state index in [0.29, 0.717) is 0 Å². The van der Waals surface area contributed by atoms with Crippen LogP contribution in [0.25, 0.3) is 0 Å². The molecule has 0 radical (unpaired) electrons. The van der Waals surface area contributed by atoms with Crippen molar-refractivity contribution >= 4 is 11.7 Å². The van der Waals surface area contributed by atoms with E-state index >= 15 is 0 Å². The summed E-state index contributed by atoms with van der Waals surface area (Å²) in [5.41, 5.74) is 0. The minimum atomic E-state index is -0.0400. The van der Waals surface area contributed by atoms with Crippen LogP contribution in [0.2, 0.25) is 0 Å². The lowest BCUT2D eigenvalue weighted by Gasteiger charge is -2.01. The lowest BCUT2D eigenvalue weighted by molar-refractivity contribution is -0.114. The maximum absolute atomic E-state index is 10.5. The highest BCUT2D eigenvalue weighted by Crippen LogP contribution is 2.04. The van der Waals surface area contributed by atoms with Gasteiger partial charge in [0.2, 0.25) is 5.91 Å². The van der Waals surface area contributed by atoms with Crippen LogP contribution in [0.15, 0.2) is 18.3 Å². The maximum atomic E-state index is 10.5. The van der Waals surface area contributed by atoms with Crippen LogP contribution in [0.3, 0.4) is 0 Å². The van der Waals surface area contributed by atoms with Gasteiger partial charge in [0.15, 0.2) is 0 Å². The second-order valence-electron chi connectivity index (χ2n) is 2.19. The van der Waals surface area contributed by atoms with Gasteiger partial charge in [0.05, 0.1) is 0 Å². The molecular weight excluding hydrogens is 128 g/mol. The number of rotatable bonds is 1. The quantitative estimate of drug-likeness (QED) is 0.616. The number of nitrogens with zero attached hydrogens (tertiary/aromatic N) is 1. The Hall–Kier alpha value is -1.25. The van der Waals surface area contributed by atoms with Gasteiger partial charge in [0.1, 0.15) is 5.82 Å². The molecule has 1 amide bonds. The van der Waals surface area contributed by atoms with Crippen LogP contribution in [0.1, 0.15) is 6.92 Å². The van der Waals surface area contributed by atoms with Gasteiger partial charge in [0.25, 0.3) is 0 Å². The fourth-order valence-electron chi connectivity index (χ4n) is 0.771. The molecule has 1 N–H and O–H groups in total. The van der Waals surface area contributed by atoms with Crippen molar-refractivity contribution in [2.75, 3.05) is 5.32 Å². The van der Waals surface area contributed by atoms with Gasteiger partial charge in [-0.15, -0.1) is 0 Å². The van der Waals surface area contributed by atoms with Crippen molar-refractivity contribution < 1.29 is 4.79 Å². The molecule has 0 atom stereocenters. The highest BCUT2D eigenvalue weighted by molar-refractivity contribution is 5.87. The summed E-state index contributed by atoms with van der Waals surface area (Å²) >= 11 is 0. The molecule has 3 nitrogen and oxygen atoms in total. The molecule has 0 bridgehead atoms. The Labute approximate surface area is 59.7 Å². The Morgan fingerprint density at radius 1 is 1.70 bits per heavy atom. The van der Waals surface area contributed by atoms with E-state index in [2.05, 4.69) is 5.32 Å². The highest BCUT2D eigenvalue weighted by atomic mass is 16.1. The number of aryl methyl sites for hydroxylation is 1. The third-order valence-electron chi connectivity index (χ3n) is 1.25. The summed E-state index contributed by atoms with van der Waals surface area (Å²) < 4.78 is 1.85. The summed E-state index contributed by atoms with van der Waals surface area (Å²) in [6.45, 7) is 1.49. The first kappa shape index (κ1) is 6.86. The topological polar surface area (TPSA) is 34.0 Å². The van der Waals surface area contributed by atoms with E-state index in [1.54, 1.807) is 0 Å². The molecular formula is C7H10N2O. The zero-order valence-electron chi connectivity index (χ0n) is 6.09. The second kappa shape index (κ2) is 2.56. The molecule has 0 aromatic carbocycles. The van der Waals surface area contributed by atoms with Gasteiger partial charge in [-0.2, -0.15) is 0 Å². The molecule has 1 aromatic heterocycles. The number of hydrogen-bond acceptors (Lipinski definition) is 1. The molecule has 1 aromatic rings. The van der Waals surface area contributed by atoms with E-state index in [-0.39, 0.29) is 5.91 Å². The fraction of sp³-hybridized carbons (Fsp3) is 0.286. The van der Waals surface area contributed by atoms with Gasteiger partial charge in [-0.25, -0.2) is 0 Å². The molecule has 10 heavy (non-hydrogen) atoms. The van der Waals surface area contributed by atoms with Crippen molar-refractivity contribution in [2.24, 2.45) is 7.05 Å². The van der Waals surface area contributed by atoms with E-state index in [1.807, 2.05) is 29.9 Å². The molecule has 0 spiro atoms. The van der Waals surface area contributed by atoms with Crippen molar-refractivity contribution in [1.82, 2.24) is 4.57 Å². The number of carbonyl (C=O) groups is 1. The summed E-state index contributed by atoms with van der Waals surface area (Å²) in [6.07, 6.45) is 1.88. The lowest BCUT2D eigenvalue weighted by atomic mass is 10.6. The Morgan fingerprint density at radius 3 is 2.80 bits per heavy atom. The number of amides is 1. The monoisotopic (exact) mass is 138 g/mol. The third-order valence-corrected chi connectivity index (χ3v) is 1.25. The third kappa shape index (κ3) is 1.37. The average Bonchev–Trinajstić information content (AvgIpc) is 2.15. The van der Waals surface area contributed by atoms with Crippen molar-refractivity contribution in [3.05, 3.63) is 18.3 Å². The first-order valence-corrected chi connectivity index (χ1v) is 3.09. The summed E-state index contributed by atoms with van der Waals surface area (Å²) in [6, 6.07) is 3.73. The Morgan fingerprint density at radius 2 is 2.40 bits per heavy atom. The summed E-state index contributed by atoms with van der Waals surface area (Å²) in [4.78, 5) is 10.5. The van der Waals surface area contributed by atoms with Gasteiger partial charge in [0, 0.05) is 20.2 Å². The predicted molar refractivity (Wildman–Crippen MR) is 39.7 cm³/mol. The molecule has 54 valence electrons. The molecule has 0 aliphatic carbocycles. The number of hydrogen-bond donors (Lipinski definition) is 1. The highest BCUT2D eigenvalue weighted by Gasteiger charge is 1.96. The van der Waals surface area contributed by atoms with E-state index < -0.39 is 0 Å². The van der Waals surface area contributed by atoms with E-state index in [1.165, 1.54) is 6.92 Å². The van der Waals surface area contributed by atoms with Crippen LogP contribution < -0.4 is 5.32 Å². The zero-order chi connectivity index (χ0) is 7.56. The molecule has 3 heteroatoms. The van der Waals surface area contributed by atoms with Crippen molar-refractivity contribution in [2.45, 2.75) is 6.92 Å². The van der Waals surface area contributed by atoms with Crippen LogP contribution >= 0.6 is 0 Å².